The number of hydrogen-bond acceptors (Lipinski definition) is 4. The fourth-order valence-electron chi connectivity index (χ4n) is 1.53. The summed E-state index contributed by atoms with van der Waals surface area (Å²) in [5.41, 5.74) is 0.402. The molecule has 6 nitrogen and oxygen atoms in total. The van der Waals surface area contributed by atoms with Crippen LogP contribution >= 0.6 is 0 Å². The van der Waals surface area contributed by atoms with Gasteiger partial charge < -0.3 is 15.2 Å². The van der Waals surface area contributed by atoms with Crippen LogP contribution in [0, 0.1) is 0 Å². The molecule has 0 radical (unpaired) electrons. The van der Waals surface area contributed by atoms with E-state index in [2.05, 4.69) is 16.6 Å². The number of carbonyl (C=O) groups excluding carboxylic acids is 2. The van der Waals surface area contributed by atoms with Gasteiger partial charge in [-0.2, -0.15) is 0 Å². The molecule has 1 atom stereocenters. The SMILES string of the molecule is C=CC[C@H](NC(=O)c1cccc(C(=O)OC)c1)C(=O)O. The van der Waals surface area contributed by atoms with Gasteiger partial charge in [-0.3, -0.25) is 4.79 Å². The number of carboxylic acids is 1. The Morgan fingerprint density at radius 1 is 1.40 bits per heavy atom. The molecule has 106 valence electrons. The topological polar surface area (TPSA) is 92.7 Å². The molecule has 0 aromatic heterocycles. The van der Waals surface area contributed by atoms with Gasteiger partial charge >= 0.3 is 11.9 Å². The number of amides is 1. The van der Waals surface area contributed by atoms with E-state index in [1.165, 1.54) is 37.5 Å². The van der Waals surface area contributed by atoms with Crippen molar-refractivity contribution in [2.45, 2.75) is 12.5 Å². The second-order valence-electron chi connectivity index (χ2n) is 3.96. The van der Waals surface area contributed by atoms with Gasteiger partial charge in [0.25, 0.3) is 5.91 Å². The molecule has 2 N–H and O–H groups in total. The quantitative estimate of drug-likeness (QED) is 0.602. The lowest BCUT2D eigenvalue weighted by Crippen LogP contribution is -2.40. The Balaban J connectivity index is 2.89. The average molecular weight is 277 g/mol. The highest BCUT2D eigenvalue weighted by Gasteiger charge is 2.19. The van der Waals surface area contributed by atoms with Crippen molar-refractivity contribution in [3.05, 3.63) is 48.0 Å². The number of hydrogen-bond donors (Lipinski definition) is 2. The van der Waals surface area contributed by atoms with Crippen LogP contribution in [-0.2, 0) is 9.53 Å². The van der Waals surface area contributed by atoms with Crippen molar-refractivity contribution in [2.24, 2.45) is 0 Å². The number of aliphatic carboxylic acids is 1. The van der Waals surface area contributed by atoms with Crippen LogP contribution in [0.2, 0.25) is 0 Å². The number of carboxylic acid groups (broad SMARTS) is 1. The van der Waals surface area contributed by atoms with Gasteiger partial charge in [0.15, 0.2) is 0 Å². The summed E-state index contributed by atoms with van der Waals surface area (Å²) in [5, 5.41) is 11.3. The van der Waals surface area contributed by atoms with Crippen molar-refractivity contribution in [3.8, 4) is 0 Å². The van der Waals surface area contributed by atoms with Crippen molar-refractivity contribution >= 4 is 17.8 Å². The molecule has 1 rings (SSSR count). The predicted octanol–water partition coefficient (Wildman–Crippen LogP) is 1.23. The van der Waals surface area contributed by atoms with E-state index in [0.717, 1.165) is 0 Å². The number of ether oxygens (including phenoxy) is 1. The molecule has 0 saturated carbocycles. The molecule has 1 amide bonds. The van der Waals surface area contributed by atoms with Crippen molar-refractivity contribution in [1.29, 1.82) is 0 Å². The van der Waals surface area contributed by atoms with Crippen LogP contribution in [-0.4, -0.2) is 36.1 Å². The van der Waals surface area contributed by atoms with E-state index < -0.39 is 23.9 Å². The van der Waals surface area contributed by atoms with Crippen molar-refractivity contribution in [2.75, 3.05) is 7.11 Å². The molecular weight excluding hydrogens is 262 g/mol. The van der Waals surface area contributed by atoms with Crippen LogP contribution in [0.3, 0.4) is 0 Å². The van der Waals surface area contributed by atoms with Crippen LogP contribution in [0.1, 0.15) is 27.1 Å². The number of nitrogens with one attached hydrogen (secondary N) is 1. The maximum absolute atomic E-state index is 11.9. The minimum Gasteiger partial charge on any atom is -0.480 e. The van der Waals surface area contributed by atoms with E-state index in [1.54, 1.807) is 0 Å². The number of benzene rings is 1. The molecule has 0 bridgehead atoms. The summed E-state index contributed by atoms with van der Waals surface area (Å²) in [6.07, 6.45) is 1.52. The minimum absolute atomic E-state index is 0.109. The first-order chi connectivity index (χ1) is 9.49. The average Bonchev–Trinajstić information content (AvgIpc) is 2.45. The normalized spacial score (nSPS) is 11.2. The van der Waals surface area contributed by atoms with Gasteiger partial charge in [0, 0.05) is 5.56 Å². The minimum atomic E-state index is -1.15. The van der Waals surface area contributed by atoms with Crippen LogP contribution < -0.4 is 5.32 Å². The number of methoxy groups -OCH3 is 1. The van der Waals surface area contributed by atoms with E-state index in [1.807, 2.05) is 0 Å². The van der Waals surface area contributed by atoms with Crippen LogP contribution in [0.5, 0.6) is 0 Å². The first kappa shape index (κ1) is 15.4. The Morgan fingerprint density at radius 2 is 2.05 bits per heavy atom. The lowest BCUT2D eigenvalue weighted by atomic mass is 10.1. The molecule has 20 heavy (non-hydrogen) atoms. The van der Waals surface area contributed by atoms with E-state index in [-0.39, 0.29) is 17.5 Å². The highest BCUT2D eigenvalue weighted by Crippen LogP contribution is 2.07. The molecule has 0 saturated heterocycles. The number of esters is 1. The summed E-state index contributed by atoms with van der Waals surface area (Å²) in [4.78, 5) is 34.2. The van der Waals surface area contributed by atoms with Crippen molar-refractivity contribution in [1.82, 2.24) is 5.32 Å². The fraction of sp³-hybridized carbons (Fsp3) is 0.214. The molecule has 0 unspecified atom stereocenters. The van der Waals surface area contributed by atoms with Crippen LogP contribution in [0.4, 0.5) is 0 Å². The van der Waals surface area contributed by atoms with Gasteiger partial charge in [-0.05, 0) is 24.6 Å². The zero-order chi connectivity index (χ0) is 15.1. The molecule has 1 aromatic rings. The van der Waals surface area contributed by atoms with E-state index in [0.29, 0.717) is 0 Å². The lowest BCUT2D eigenvalue weighted by molar-refractivity contribution is -0.139. The zero-order valence-corrected chi connectivity index (χ0v) is 11.0. The first-order valence-electron chi connectivity index (χ1n) is 5.82. The van der Waals surface area contributed by atoms with E-state index >= 15 is 0 Å². The smallest absolute Gasteiger partial charge is 0.337 e. The molecule has 0 aliphatic carbocycles. The maximum Gasteiger partial charge on any atom is 0.337 e. The third-order valence-corrected chi connectivity index (χ3v) is 2.55. The van der Waals surface area contributed by atoms with Crippen molar-refractivity contribution in [3.63, 3.8) is 0 Å². The van der Waals surface area contributed by atoms with Gasteiger partial charge in [0.05, 0.1) is 12.7 Å². The summed E-state index contributed by atoms with van der Waals surface area (Å²) >= 11 is 0. The summed E-state index contributed by atoms with van der Waals surface area (Å²) in [7, 11) is 1.24. The number of rotatable bonds is 6. The molecule has 1 aromatic carbocycles. The van der Waals surface area contributed by atoms with Gasteiger partial charge in [-0.25, -0.2) is 9.59 Å². The summed E-state index contributed by atoms with van der Waals surface area (Å²) < 4.78 is 4.55. The van der Waals surface area contributed by atoms with Gasteiger partial charge in [-0.15, -0.1) is 6.58 Å². The highest BCUT2D eigenvalue weighted by molar-refractivity contribution is 5.99. The Bertz CT molecular complexity index is 538. The first-order valence-corrected chi connectivity index (χ1v) is 5.82. The third-order valence-electron chi connectivity index (χ3n) is 2.55. The fourth-order valence-corrected chi connectivity index (χ4v) is 1.53. The van der Waals surface area contributed by atoms with Crippen LogP contribution in [0.25, 0.3) is 0 Å². The molecule has 0 heterocycles. The Morgan fingerprint density at radius 3 is 2.60 bits per heavy atom. The molecular formula is C14H15NO5. The zero-order valence-electron chi connectivity index (χ0n) is 11.0. The molecule has 0 fully saturated rings. The molecule has 0 aliphatic heterocycles. The number of carbonyl (C=O) groups is 3. The van der Waals surface area contributed by atoms with E-state index in [9.17, 15) is 14.4 Å². The largest absolute Gasteiger partial charge is 0.480 e. The summed E-state index contributed by atoms with van der Waals surface area (Å²) in [6.45, 7) is 3.44. The van der Waals surface area contributed by atoms with Gasteiger partial charge in [0.2, 0.25) is 0 Å². The van der Waals surface area contributed by atoms with Crippen molar-refractivity contribution < 1.29 is 24.2 Å². The third kappa shape index (κ3) is 3.94. The monoisotopic (exact) mass is 277 g/mol. The van der Waals surface area contributed by atoms with Gasteiger partial charge in [-0.1, -0.05) is 12.1 Å². The van der Waals surface area contributed by atoms with Gasteiger partial charge in [0.1, 0.15) is 6.04 Å². The molecule has 6 heteroatoms. The highest BCUT2D eigenvalue weighted by atomic mass is 16.5. The predicted molar refractivity (Wildman–Crippen MR) is 71.5 cm³/mol. The molecule has 0 spiro atoms. The summed E-state index contributed by atoms with van der Waals surface area (Å²) in [6, 6.07) is 4.79. The van der Waals surface area contributed by atoms with Crippen LogP contribution in [0.15, 0.2) is 36.9 Å². The lowest BCUT2D eigenvalue weighted by Gasteiger charge is -2.12. The Kier molecular flexibility index (Phi) is 5.46. The maximum atomic E-state index is 11.9. The second kappa shape index (κ2) is 7.08. The Labute approximate surface area is 116 Å². The Hall–Kier alpha value is -2.63. The summed E-state index contributed by atoms with van der Waals surface area (Å²) in [5.74, 6) is -2.30. The standard InChI is InChI=1S/C14H15NO5/c1-3-5-11(13(17)18)15-12(16)9-6-4-7-10(8-9)14(19)20-2/h3-4,6-8,11H,1,5H2,2H3,(H,15,16)(H,17,18)/t11-/m0/s1. The van der Waals surface area contributed by atoms with E-state index in [4.69, 9.17) is 5.11 Å². The molecule has 0 aliphatic rings. The second-order valence-corrected chi connectivity index (χ2v) is 3.96.